The summed E-state index contributed by atoms with van der Waals surface area (Å²) < 4.78 is 2.54. The van der Waals surface area contributed by atoms with Crippen molar-refractivity contribution in [1.82, 2.24) is 4.57 Å². The average Bonchev–Trinajstić information content (AvgIpc) is 3.80. The molecule has 342 valence electrons. The molecule has 2 fully saturated rings. The van der Waals surface area contributed by atoms with E-state index in [1.54, 1.807) is 0 Å². The third kappa shape index (κ3) is 8.86. The number of fused-ring (bicyclic) bond motifs is 6. The van der Waals surface area contributed by atoms with Crippen molar-refractivity contribution in [2.24, 2.45) is 5.92 Å². The number of nitrogens with zero attached hydrogens (tertiary/aromatic N) is 1. The van der Waals surface area contributed by atoms with E-state index in [2.05, 4.69) is 183 Å². The highest BCUT2D eigenvalue weighted by Crippen LogP contribution is 2.50. The van der Waals surface area contributed by atoms with Crippen LogP contribution in [-0.4, -0.2) is 4.57 Å². The summed E-state index contributed by atoms with van der Waals surface area (Å²) in [5.74, 6) is 2.44. The Morgan fingerprint density at radius 3 is 1.57 bits per heavy atom. The first-order valence-electron chi connectivity index (χ1n) is 26.4. The molecule has 1 heterocycles. The van der Waals surface area contributed by atoms with E-state index < -0.39 is 0 Å². The maximum Gasteiger partial charge on any atom is 0.0541 e. The van der Waals surface area contributed by atoms with Gasteiger partial charge in [0.25, 0.3) is 0 Å². The first-order valence-corrected chi connectivity index (χ1v) is 26.4. The average molecular weight is 888 g/mol. The van der Waals surface area contributed by atoms with Gasteiger partial charge in [-0.1, -0.05) is 186 Å². The van der Waals surface area contributed by atoms with E-state index in [1.807, 2.05) is 6.08 Å². The number of aromatic nitrogens is 1. The van der Waals surface area contributed by atoms with Crippen molar-refractivity contribution in [3.8, 4) is 50.2 Å². The van der Waals surface area contributed by atoms with E-state index in [0.29, 0.717) is 23.7 Å². The Morgan fingerprint density at radius 2 is 0.956 bits per heavy atom. The minimum absolute atomic E-state index is 0.477. The third-order valence-electron chi connectivity index (χ3n) is 16.1. The molecule has 1 nitrogen and oxygen atoms in total. The molecule has 0 radical (unpaired) electrons. The topological polar surface area (TPSA) is 4.93 Å². The van der Waals surface area contributed by atoms with Crippen LogP contribution in [0.25, 0.3) is 72.0 Å². The van der Waals surface area contributed by atoms with Gasteiger partial charge in [-0.25, -0.2) is 0 Å². The second-order valence-electron chi connectivity index (χ2n) is 21.0. The quantitative estimate of drug-likeness (QED) is 0.134. The number of hydrogen-bond donors (Lipinski definition) is 0. The fourth-order valence-corrected chi connectivity index (χ4v) is 12.4. The molecule has 0 spiro atoms. The Balaban J connectivity index is 0.000000966. The maximum atomic E-state index is 3.56. The highest BCUT2D eigenvalue weighted by Gasteiger charge is 2.29. The molecular weight excluding hydrogens is 819 g/mol. The standard InChI is InChI=1S/C62H59N.C5H10/c1-2-6-19-43(18-5-1)46-25-16-28-49(35-46)55-37-51(48-27-15-24-45(34-48)42-20-7-3-8-21-42)38-57-58-40-52(63-61-32-13-11-30-53(61)54-31-12-14-33-62(54)63)39-56(60(58)41-59(55)57)50-29-17-26-47(36-50)44-22-9-4-10-23-44;1-4-5(2)3/h5,11-18,24-40,42-44H,1-4,6-10,19-23,41H2;4-5H,1H2,2-3H3. The van der Waals surface area contributed by atoms with Crippen LogP contribution in [0.1, 0.15) is 149 Å². The summed E-state index contributed by atoms with van der Waals surface area (Å²) >= 11 is 0. The predicted octanol–water partition coefficient (Wildman–Crippen LogP) is 19.5. The molecule has 0 aliphatic heterocycles. The van der Waals surface area contributed by atoms with Gasteiger partial charge >= 0.3 is 0 Å². The van der Waals surface area contributed by atoms with Gasteiger partial charge in [0.05, 0.1) is 11.0 Å². The zero-order chi connectivity index (χ0) is 46.0. The molecule has 4 aliphatic carbocycles. The number of benzene rings is 7. The normalized spacial score (nSPS) is 17.4. The highest BCUT2D eigenvalue weighted by molar-refractivity contribution is 6.09. The van der Waals surface area contributed by atoms with Crippen molar-refractivity contribution in [2.45, 2.75) is 128 Å². The van der Waals surface area contributed by atoms with Gasteiger partial charge in [-0.2, -0.15) is 0 Å². The zero-order valence-corrected chi connectivity index (χ0v) is 40.7. The predicted molar refractivity (Wildman–Crippen MR) is 292 cm³/mol. The van der Waals surface area contributed by atoms with Gasteiger partial charge < -0.3 is 4.57 Å². The Labute approximate surface area is 406 Å². The van der Waals surface area contributed by atoms with Crippen molar-refractivity contribution in [3.05, 3.63) is 198 Å². The molecule has 7 aromatic carbocycles. The Bertz CT molecular complexity index is 3070. The molecular formula is C67H69N. The Morgan fingerprint density at radius 1 is 0.471 bits per heavy atom. The number of allylic oxidation sites excluding steroid dienone is 3. The van der Waals surface area contributed by atoms with Crippen LogP contribution in [0.15, 0.2) is 170 Å². The molecule has 12 rings (SSSR count). The second-order valence-corrected chi connectivity index (χ2v) is 21.0. The van der Waals surface area contributed by atoms with Crippen molar-refractivity contribution < 1.29 is 0 Å². The molecule has 1 aromatic heterocycles. The highest BCUT2D eigenvalue weighted by atomic mass is 15.0. The molecule has 2 saturated carbocycles. The van der Waals surface area contributed by atoms with Crippen molar-refractivity contribution >= 4 is 21.8 Å². The molecule has 0 bridgehead atoms. The van der Waals surface area contributed by atoms with Crippen LogP contribution in [0.5, 0.6) is 0 Å². The lowest BCUT2D eigenvalue weighted by Crippen LogP contribution is -2.04. The summed E-state index contributed by atoms with van der Waals surface area (Å²) in [5, 5.41) is 2.61. The van der Waals surface area contributed by atoms with Gasteiger partial charge in [0.15, 0.2) is 0 Å². The van der Waals surface area contributed by atoms with E-state index in [-0.39, 0.29) is 0 Å². The van der Waals surface area contributed by atoms with Gasteiger partial charge in [-0.3, -0.25) is 0 Å². The summed E-state index contributed by atoms with van der Waals surface area (Å²) in [7, 11) is 0. The van der Waals surface area contributed by atoms with Crippen LogP contribution in [0.2, 0.25) is 0 Å². The summed E-state index contributed by atoms with van der Waals surface area (Å²) in [5.41, 5.74) is 22.1. The summed E-state index contributed by atoms with van der Waals surface area (Å²) in [6, 6.07) is 57.2. The largest absolute Gasteiger partial charge is 0.309 e. The fraction of sp³-hybridized carbons (Fsp3) is 0.313. The summed E-state index contributed by atoms with van der Waals surface area (Å²) in [6.45, 7) is 7.77. The van der Waals surface area contributed by atoms with Gasteiger partial charge in [-0.15, -0.1) is 6.58 Å². The molecule has 4 aliphatic rings. The monoisotopic (exact) mass is 888 g/mol. The van der Waals surface area contributed by atoms with E-state index in [4.69, 9.17) is 0 Å². The minimum atomic E-state index is 0.477. The Kier molecular flexibility index (Phi) is 12.9. The molecule has 0 amide bonds. The number of rotatable bonds is 8. The molecule has 8 aromatic rings. The van der Waals surface area contributed by atoms with Gasteiger partial charge in [0.2, 0.25) is 0 Å². The van der Waals surface area contributed by atoms with Crippen LogP contribution in [-0.2, 0) is 6.42 Å². The third-order valence-corrected chi connectivity index (χ3v) is 16.1. The summed E-state index contributed by atoms with van der Waals surface area (Å²) in [6.07, 6.45) is 26.1. The van der Waals surface area contributed by atoms with Crippen LogP contribution in [0.4, 0.5) is 0 Å². The lowest BCUT2D eigenvalue weighted by Gasteiger charge is -2.23. The lowest BCUT2D eigenvalue weighted by atomic mass is 9.82. The first-order chi connectivity index (χ1) is 33.5. The lowest BCUT2D eigenvalue weighted by molar-refractivity contribution is 0.444. The second kappa shape index (κ2) is 19.8. The smallest absolute Gasteiger partial charge is 0.0541 e. The molecule has 68 heavy (non-hydrogen) atoms. The van der Waals surface area contributed by atoms with E-state index in [9.17, 15) is 0 Å². The first kappa shape index (κ1) is 44.3. The van der Waals surface area contributed by atoms with Crippen LogP contribution in [0, 0.1) is 5.92 Å². The molecule has 1 heteroatoms. The molecule has 0 N–H and O–H groups in total. The van der Waals surface area contributed by atoms with E-state index in [1.165, 1.54) is 190 Å². The van der Waals surface area contributed by atoms with Gasteiger partial charge in [-0.05, 0) is 178 Å². The molecule has 1 unspecified atom stereocenters. The van der Waals surface area contributed by atoms with Crippen molar-refractivity contribution in [2.75, 3.05) is 0 Å². The van der Waals surface area contributed by atoms with Gasteiger partial charge in [0.1, 0.15) is 0 Å². The summed E-state index contributed by atoms with van der Waals surface area (Å²) in [4.78, 5) is 0. The zero-order valence-electron chi connectivity index (χ0n) is 40.7. The number of hydrogen-bond acceptors (Lipinski definition) is 0. The minimum Gasteiger partial charge on any atom is -0.309 e. The van der Waals surface area contributed by atoms with Crippen LogP contribution < -0.4 is 0 Å². The fourth-order valence-electron chi connectivity index (χ4n) is 12.4. The molecule has 0 saturated heterocycles. The van der Waals surface area contributed by atoms with Crippen LogP contribution in [0.3, 0.4) is 0 Å². The van der Waals surface area contributed by atoms with E-state index >= 15 is 0 Å². The maximum absolute atomic E-state index is 3.56. The van der Waals surface area contributed by atoms with E-state index in [0.717, 1.165) is 6.42 Å². The Hall–Kier alpha value is -6.18. The molecule has 1 atom stereocenters. The van der Waals surface area contributed by atoms with Gasteiger partial charge in [0, 0.05) is 22.4 Å². The number of para-hydroxylation sites is 2. The van der Waals surface area contributed by atoms with Crippen molar-refractivity contribution in [3.63, 3.8) is 0 Å². The van der Waals surface area contributed by atoms with Crippen molar-refractivity contribution in [1.29, 1.82) is 0 Å². The van der Waals surface area contributed by atoms with Crippen LogP contribution >= 0.6 is 0 Å². The SMILES string of the molecule is C1=CC(c2cccc(-c3cc(-c4cccc(C5CCCCC5)c4)cc4c3Cc3c(-c5cccc(C6CCCCC6)c5)cc(-n5c6ccccc6c6ccccc65)cc3-4)c2)CCCC1.C=CC(C)C.